The van der Waals surface area contributed by atoms with E-state index in [1.165, 1.54) is 19.3 Å². The molecule has 84 valence electrons. The Bertz CT molecular complexity index is 451. The molecular weight excluding hydrogens is 266 g/mol. The second kappa shape index (κ2) is 3.48. The lowest BCUT2D eigenvalue weighted by Crippen LogP contribution is -2.56. The summed E-state index contributed by atoms with van der Waals surface area (Å²) in [6.45, 7) is 0.847. The number of hydrogen-bond donors (Lipinski definition) is 1. The Morgan fingerprint density at radius 2 is 2.06 bits per heavy atom. The summed E-state index contributed by atoms with van der Waals surface area (Å²) in [5, 5.41) is 0. The van der Waals surface area contributed by atoms with Crippen LogP contribution in [-0.2, 0) is 0 Å². The summed E-state index contributed by atoms with van der Waals surface area (Å²) >= 11 is 3.59. The molecule has 4 heteroatoms. The van der Waals surface area contributed by atoms with Gasteiger partial charge >= 0.3 is 0 Å². The van der Waals surface area contributed by atoms with Gasteiger partial charge in [-0.1, -0.05) is 12.1 Å². The van der Waals surface area contributed by atoms with E-state index in [-0.39, 0.29) is 5.54 Å². The van der Waals surface area contributed by atoms with Crippen molar-refractivity contribution in [3.63, 3.8) is 0 Å². The van der Waals surface area contributed by atoms with Crippen LogP contribution < -0.4 is 10.6 Å². The number of rotatable bonds is 1. The molecule has 1 aliphatic heterocycles. The SMILES string of the molecule is NC1=NCC2(CCC2)N1c1ccccc1Br. The van der Waals surface area contributed by atoms with Crippen LogP contribution in [0.5, 0.6) is 0 Å². The van der Waals surface area contributed by atoms with E-state index in [1.807, 2.05) is 18.2 Å². The summed E-state index contributed by atoms with van der Waals surface area (Å²) in [5.74, 6) is 0.659. The molecule has 0 amide bonds. The van der Waals surface area contributed by atoms with E-state index < -0.39 is 0 Å². The molecule has 0 bridgehead atoms. The number of aliphatic imine (C=N–C) groups is 1. The van der Waals surface area contributed by atoms with E-state index in [1.54, 1.807) is 0 Å². The minimum atomic E-state index is 0.175. The number of guanidine groups is 1. The van der Waals surface area contributed by atoms with Gasteiger partial charge in [0.15, 0.2) is 5.96 Å². The zero-order valence-electron chi connectivity index (χ0n) is 8.99. The Kier molecular flexibility index (Phi) is 2.21. The zero-order chi connectivity index (χ0) is 11.2. The van der Waals surface area contributed by atoms with Crippen LogP contribution in [0.3, 0.4) is 0 Å². The first-order chi connectivity index (χ1) is 7.73. The van der Waals surface area contributed by atoms with E-state index in [4.69, 9.17) is 5.73 Å². The molecule has 1 spiro atoms. The topological polar surface area (TPSA) is 41.6 Å². The molecule has 2 aliphatic rings. The highest BCUT2D eigenvalue weighted by Gasteiger charge is 2.47. The third kappa shape index (κ3) is 1.29. The molecule has 16 heavy (non-hydrogen) atoms. The molecule has 1 aromatic rings. The average molecular weight is 280 g/mol. The van der Waals surface area contributed by atoms with Gasteiger partial charge in [0.2, 0.25) is 0 Å². The molecule has 0 atom stereocenters. The number of benzene rings is 1. The summed E-state index contributed by atoms with van der Waals surface area (Å²) in [5.41, 5.74) is 7.33. The minimum Gasteiger partial charge on any atom is -0.369 e. The highest BCUT2D eigenvalue weighted by atomic mass is 79.9. The number of halogens is 1. The van der Waals surface area contributed by atoms with Gasteiger partial charge in [-0.2, -0.15) is 0 Å². The smallest absolute Gasteiger partial charge is 0.196 e. The van der Waals surface area contributed by atoms with E-state index in [0.29, 0.717) is 5.96 Å². The van der Waals surface area contributed by atoms with E-state index in [9.17, 15) is 0 Å². The van der Waals surface area contributed by atoms with Gasteiger partial charge in [-0.25, -0.2) is 0 Å². The predicted octanol–water partition coefficient (Wildman–Crippen LogP) is 2.51. The van der Waals surface area contributed by atoms with Crippen molar-refractivity contribution < 1.29 is 0 Å². The van der Waals surface area contributed by atoms with Crippen molar-refractivity contribution in [1.29, 1.82) is 0 Å². The number of anilines is 1. The Labute approximate surface area is 103 Å². The van der Waals surface area contributed by atoms with E-state index in [0.717, 1.165) is 16.7 Å². The molecule has 0 radical (unpaired) electrons. The van der Waals surface area contributed by atoms with E-state index >= 15 is 0 Å². The standard InChI is InChI=1S/C12H14BrN3/c13-9-4-1-2-5-10(9)16-11(14)15-8-12(16)6-3-7-12/h1-2,4-5H,3,6-8H2,(H2,14,15). The van der Waals surface area contributed by atoms with Crippen molar-refractivity contribution in [1.82, 2.24) is 0 Å². The van der Waals surface area contributed by atoms with Crippen LogP contribution in [-0.4, -0.2) is 18.0 Å². The Balaban J connectivity index is 2.04. The molecular formula is C12H14BrN3. The molecule has 3 rings (SSSR count). The molecule has 1 fully saturated rings. The predicted molar refractivity (Wildman–Crippen MR) is 69.7 cm³/mol. The van der Waals surface area contributed by atoms with Gasteiger partial charge < -0.3 is 10.6 Å². The summed E-state index contributed by atoms with van der Waals surface area (Å²) in [7, 11) is 0. The zero-order valence-corrected chi connectivity index (χ0v) is 10.6. The van der Waals surface area contributed by atoms with Gasteiger partial charge in [0, 0.05) is 4.47 Å². The van der Waals surface area contributed by atoms with Crippen LogP contribution in [0.15, 0.2) is 33.7 Å². The Morgan fingerprint density at radius 3 is 2.69 bits per heavy atom. The van der Waals surface area contributed by atoms with Crippen molar-refractivity contribution in [2.45, 2.75) is 24.8 Å². The minimum absolute atomic E-state index is 0.175. The molecule has 0 saturated heterocycles. The third-order valence-electron chi connectivity index (χ3n) is 3.62. The maximum atomic E-state index is 6.02. The summed E-state index contributed by atoms with van der Waals surface area (Å²) in [6, 6.07) is 8.20. The van der Waals surface area contributed by atoms with Crippen molar-refractivity contribution in [2.24, 2.45) is 10.7 Å². The van der Waals surface area contributed by atoms with E-state index in [2.05, 4.69) is 31.9 Å². The highest BCUT2D eigenvalue weighted by molar-refractivity contribution is 9.10. The lowest BCUT2D eigenvalue weighted by atomic mass is 9.76. The number of hydrogen-bond acceptors (Lipinski definition) is 3. The monoisotopic (exact) mass is 279 g/mol. The van der Waals surface area contributed by atoms with Gasteiger partial charge in [-0.15, -0.1) is 0 Å². The first-order valence-electron chi connectivity index (χ1n) is 5.58. The highest BCUT2D eigenvalue weighted by Crippen LogP contribution is 2.44. The second-order valence-electron chi connectivity index (χ2n) is 4.54. The van der Waals surface area contributed by atoms with Crippen molar-refractivity contribution in [3.05, 3.63) is 28.7 Å². The van der Waals surface area contributed by atoms with Crippen LogP contribution in [0.2, 0.25) is 0 Å². The molecule has 1 aliphatic carbocycles. The van der Waals surface area contributed by atoms with Crippen molar-refractivity contribution >= 4 is 27.6 Å². The fraction of sp³-hybridized carbons (Fsp3) is 0.417. The van der Waals surface area contributed by atoms with Gasteiger partial charge in [-0.05, 0) is 47.3 Å². The van der Waals surface area contributed by atoms with Crippen molar-refractivity contribution in [2.75, 3.05) is 11.4 Å². The van der Waals surface area contributed by atoms with Crippen LogP contribution in [0.1, 0.15) is 19.3 Å². The quantitative estimate of drug-likeness (QED) is 0.858. The average Bonchev–Trinajstić information content (AvgIpc) is 2.57. The van der Waals surface area contributed by atoms with Crippen LogP contribution in [0, 0.1) is 0 Å². The van der Waals surface area contributed by atoms with Crippen molar-refractivity contribution in [3.8, 4) is 0 Å². The maximum Gasteiger partial charge on any atom is 0.196 e. The van der Waals surface area contributed by atoms with Gasteiger partial charge in [0.1, 0.15) is 0 Å². The van der Waals surface area contributed by atoms with Crippen LogP contribution in [0.25, 0.3) is 0 Å². The fourth-order valence-electron chi connectivity index (χ4n) is 2.59. The molecule has 1 aromatic carbocycles. The molecule has 2 N–H and O–H groups in total. The Morgan fingerprint density at radius 1 is 1.31 bits per heavy atom. The van der Waals surface area contributed by atoms with Crippen LogP contribution >= 0.6 is 15.9 Å². The molecule has 0 aromatic heterocycles. The van der Waals surface area contributed by atoms with Crippen LogP contribution in [0.4, 0.5) is 5.69 Å². The lowest BCUT2D eigenvalue weighted by molar-refractivity contribution is 0.272. The molecule has 0 unspecified atom stereocenters. The number of para-hydroxylation sites is 1. The molecule has 1 heterocycles. The van der Waals surface area contributed by atoms with Gasteiger partial charge in [-0.3, -0.25) is 4.99 Å². The number of nitrogens with zero attached hydrogens (tertiary/aromatic N) is 2. The normalized spacial score (nSPS) is 22.1. The van der Waals surface area contributed by atoms with Gasteiger partial charge in [0.25, 0.3) is 0 Å². The summed E-state index contributed by atoms with van der Waals surface area (Å²) < 4.78 is 1.08. The first kappa shape index (κ1) is 10.1. The largest absolute Gasteiger partial charge is 0.369 e. The number of nitrogens with two attached hydrogens (primary N) is 1. The second-order valence-corrected chi connectivity index (χ2v) is 5.39. The maximum absolute atomic E-state index is 6.02. The fourth-order valence-corrected chi connectivity index (χ4v) is 3.05. The summed E-state index contributed by atoms with van der Waals surface area (Å²) in [6.07, 6.45) is 3.67. The Hall–Kier alpha value is -1.03. The molecule has 3 nitrogen and oxygen atoms in total. The summed E-state index contributed by atoms with van der Waals surface area (Å²) in [4.78, 5) is 6.62. The molecule has 1 saturated carbocycles. The third-order valence-corrected chi connectivity index (χ3v) is 4.29. The lowest BCUT2D eigenvalue weighted by Gasteiger charge is -2.46. The van der Waals surface area contributed by atoms with Gasteiger partial charge in [0.05, 0.1) is 17.8 Å². The first-order valence-corrected chi connectivity index (χ1v) is 6.37.